The Morgan fingerprint density at radius 1 is 1.56 bits per heavy atom. The summed E-state index contributed by atoms with van der Waals surface area (Å²) in [4.78, 5) is 4.46. The fraction of sp³-hybridized carbons (Fsp3) is 0.545. The van der Waals surface area contributed by atoms with Gasteiger partial charge in [0.25, 0.3) is 0 Å². The number of thiazole rings is 1. The molecule has 2 aromatic heterocycles. The normalized spacial score (nSPS) is 12.8. The van der Waals surface area contributed by atoms with Crippen LogP contribution >= 0.6 is 11.3 Å². The van der Waals surface area contributed by atoms with Gasteiger partial charge in [-0.15, -0.1) is 16.4 Å². The Morgan fingerprint density at radius 2 is 2.39 bits per heavy atom. The monoisotopic (exact) mass is 266 g/mol. The highest BCUT2D eigenvalue weighted by Gasteiger charge is 2.09. The standard InChI is InChI=1S/C11H18N6S/c1-8-7-18-11(14-8)9(2)13-5-10-6-17(4-3-12)16-15-10/h6-7,9,13H,3-5,12H2,1-2H3. The lowest BCUT2D eigenvalue weighted by Gasteiger charge is -2.08. The van der Waals surface area contributed by atoms with Crippen LogP contribution in [0.5, 0.6) is 0 Å². The van der Waals surface area contributed by atoms with Crippen molar-refractivity contribution in [3.63, 3.8) is 0 Å². The molecule has 0 bridgehead atoms. The molecule has 0 aliphatic rings. The highest BCUT2D eigenvalue weighted by Crippen LogP contribution is 2.17. The molecular weight excluding hydrogens is 248 g/mol. The molecule has 2 heterocycles. The van der Waals surface area contributed by atoms with E-state index in [4.69, 9.17) is 5.73 Å². The van der Waals surface area contributed by atoms with Crippen LogP contribution in [0.25, 0.3) is 0 Å². The van der Waals surface area contributed by atoms with Gasteiger partial charge in [-0.3, -0.25) is 4.68 Å². The average molecular weight is 266 g/mol. The lowest BCUT2D eigenvalue weighted by atomic mass is 10.3. The lowest BCUT2D eigenvalue weighted by molar-refractivity contribution is 0.563. The minimum Gasteiger partial charge on any atom is -0.329 e. The van der Waals surface area contributed by atoms with Crippen molar-refractivity contribution in [3.8, 4) is 0 Å². The van der Waals surface area contributed by atoms with Crippen molar-refractivity contribution < 1.29 is 0 Å². The van der Waals surface area contributed by atoms with E-state index in [0.29, 0.717) is 19.6 Å². The molecule has 0 saturated carbocycles. The molecule has 0 radical (unpaired) electrons. The molecule has 2 rings (SSSR count). The van der Waals surface area contributed by atoms with E-state index in [2.05, 4.69) is 32.9 Å². The minimum absolute atomic E-state index is 0.225. The quantitative estimate of drug-likeness (QED) is 0.810. The number of nitrogens with zero attached hydrogens (tertiary/aromatic N) is 4. The Labute approximate surface area is 110 Å². The first-order chi connectivity index (χ1) is 8.69. The molecule has 0 amide bonds. The van der Waals surface area contributed by atoms with Gasteiger partial charge in [0, 0.05) is 30.4 Å². The molecule has 0 spiro atoms. The average Bonchev–Trinajstić information content (AvgIpc) is 2.96. The number of rotatable bonds is 6. The van der Waals surface area contributed by atoms with E-state index < -0.39 is 0 Å². The zero-order valence-corrected chi connectivity index (χ0v) is 11.4. The van der Waals surface area contributed by atoms with Crippen molar-refractivity contribution in [2.45, 2.75) is 33.0 Å². The second-order valence-electron chi connectivity index (χ2n) is 4.19. The fourth-order valence-corrected chi connectivity index (χ4v) is 2.41. The maximum absolute atomic E-state index is 5.46. The Balaban J connectivity index is 1.86. The molecule has 1 unspecified atom stereocenters. The summed E-state index contributed by atoms with van der Waals surface area (Å²) >= 11 is 1.67. The van der Waals surface area contributed by atoms with Gasteiger partial charge in [0.05, 0.1) is 18.3 Å². The second-order valence-corrected chi connectivity index (χ2v) is 5.08. The highest BCUT2D eigenvalue weighted by molar-refractivity contribution is 7.09. The first kappa shape index (κ1) is 13.1. The van der Waals surface area contributed by atoms with Crippen LogP contribution in [-0.2, 0) is 13.1 Å². The van der Waals surface area contributed by atoms with E-state index in [1.54, 1.807) is 16.0 Å². The Bertz CT molecular complexity index is 491. The molecule has 7 heteroatoms. The van der Waals surface area contributed by atoms with Crippen molar-refractivity contribution in [1.82, 2.24) is 25.3 Å². The third kappa shape index (κ3) is 3.34. The van der Waals surface area contributed by atoms with Crippen LogP contribution < -0.4 is 11.1 Å². The van der Waals surface area contributed by atoms with E-state index in [0.717, 1.165) is 16.4 Å². The summed E-state index contributed by atoms with van der Waals surface area (Å²) in [5.41, 5.74) is 7.45. The molecule has 1 atom stereocenters. The molecule has 98 valence electrons. The third-order valence-corrected chi connectivity index (χ3v) is 3.69. The molecule has 0 aliphatic heterocycles. The van der Waals surface area contributed by atoms with Gasteiger partial charge >= 0.3 is 0 Å². The van der Waals surface area contributed by atoms with Gasteiger partial charge in [-0.2, -0.15) is 0 Å². The van der Waals surface area contributed by atoms with Gasteiger partial charge < -0.3 is 11.1 Å². The maximum atomic E-state index is 5.46. The summed E-state index contributed by atoms with van der Waals surface area (Å²) in [5.74, 6) is 0. The van der Waals surface area contributed by atoms with Crippen LogP contribution in [0.1, 0.15) is 29.4 Å². The largest absolute Gasteiger partial charge is 0.329 e. The van der Waals surface area contributed by atoms with E-state index in [1.165, 1.54) is 0 Å². The topological polar surface area (TPSA) is 81.7 Å². The van der Waals surface area contributed by atoms with Crippen LogP contribution in [0.4, 0.5) is 0 Å². The summed E-state index contributed by atoms with van der Waals surface area (Å²) < 4.78 is 1.76. The Hall–Kier alpha value is -1.31. The van der Waals surface area contributed by atoms with Crippen molar-refractivity contribution in [2.75, 3.05) is 6.54 Å². The molecule has 6 nitrogen and oxygen atoms in total. The molecule has 2 aromatic rings. The highest BCUT2D eigenvalue weighted by atomic mass is 32.1. The van der Waals surface area contributed by atoms with Gasteiger partial charge in [-0.25, -0.2) is 4.98 Å². The van der Waals surface area contributed by atoms with Crippen LogP contribution in [-0.4, -0.2) is 26.5 Å². The van der Waals surface area contributed by atoms with Gasteiger partial charge in [-0.1, -0.05) is 5.21 Å². The number of aryl methyl sites for hydroxylation is 1. The minimum atomic E-state index is 0.225. The van der Waals surface area contributed by atoms with Crippen molar-refractivity contribution in [3.05, 3.63) is 28.0 Å². The molecule has 0 aliphatic carbocycles. The van der Waals surface area contributed by atoms with E-state index in [-0.39, 0.29) is 6.04 Å². The zero-order valence-electron chi connectivity index (χ0n) is 10.6. The first-order valence-corrected chi connectivity index (χ1v) is 6.81. The lowest BCUT2D eigenvalue weighted by Crippen LogP contribution is -2.18. The molecule has 0 fully saturated rings. The Morgan fingerprint density at radius 3 is 3.06 bits per heavy atom. The van der Waals surface area contributed by atoms with Gasteiger partial charge in [0.1, 0.15) is 5.01 Å². The number of hydrogen-bond donors (Lipinski definition) is 2. The smallest absolute Gasteiger partial charge is 0.110 e. The summed E-state index contributed by atoms with van der Waals surface area (Å²) in [6.45, 7) is 6.07. The number of nitrogens with one attached hydrogen (secondary N) is 1. The number of aromatic nitrogens is 4. The van der Waals surface area contributed by atoms with Gasteiger partial charge in [0.15, 0.2) is 0 Å². The zero-order chi connectivity index (χ0) is 13.0. The van der Waals surface area contributed by atoms with Crippen LogP contribution in [0.15, 0.2) is 11.6 Å². The van der Waals surface area contributed by atoms with Crippen molar-refractivity contribution in [2.24, 2.45) is 5.73 Å². The van der Waals surface area contributed by atoms with Crippen molar-refractivity contribution >= 4 is 11.3 Å². The molecule has 18 heavy (non-hydrogen) atoms. The van der Waals surface area contributed by atoms with Gasteiger partial charge in [0.2, 0.25) is 0 Å². The molecule has 0 saturated heterocycles. The summed E-state index contributed by atoms with van der Waals surface area (Å²) in [6, 6.07) is 0.225. The molecule has 3 N–H and O–H groups in total. The second kappa shape index (κ2) is 6.03. The first-order valence-electron chi connectivity index (χ1n) is 5.93. The van der Waals surface area contributed by atoms with Crippen LogP contribution in [0, 0.1) is 6.92 Å². The number of hydrogen-bond acceptors (Lipinski definition) is 6. The van der Waals surface area contributed by atoms with E-state index in [9.17, 15) is 0 Å². The Kier molecular flexibility index (Phi) is 4.40. The van der Waals surface area contributed by atoms with Crippen molar-refractivity contribution in [1.29, 1.82) is 0 Å². The molecule has 0 aromatic carbocycles. The third-order valence-electron chi connectivity index (χ3n) is 2.54. The van der Waals surface area contributed by atoms with Crippen LogP contribution in [0.2, 0.25) is 0 Å². The SMILES string of the molecule is Cc1csc(C(C)NCc2cn(CCN)nn2)n1. The predicted molar refractivity (Wildman–Crippen MR) is 71.2 cm³/mol. The van der Waals surface area contributed by atoms with E-state index >= 15 is 0 Å². The van der Waals surface area contributed by atoms with Gasteiger partial charge in [-0.05, 0) is 13.8 Å². The number of nitrogens with two attached hydrogens (primary N) is 1. The summed E-state index contributed by atoms with van der Waals surface area (Å²) in [5, 5.41) is 14.6. The predicted octanol–water partition coefficient (Wildman–Crippen LogP) is 0.853. The summed E-state index contributed by atoms with van der Waals surface area (Å²) in [7, 11) is 0. The van der Waals surface area contributed by atoms with E-state index in [1.807, 2.05) is 13.1 Å². The van der Waals surface area contributed by atoms with Crippen LogP contribution in [0.3, 0.4) is 0 Å². The molecular formula is C11H18N6S. The fourth-order valence-electron chi connectivity index (χ4n) is 1.58. The summed E-state index contributed by atoms with van der Waals surface area (Å²) in [6.07, 6.45) is 1.92. The maximum Gasteiger partial charge on any atom is 0.110 e.